The van der Waals surface area contributed by atoms with Crippen molar-refractivity contribution in [1.29, 1.82) is 5.26 Å². The van der Waals surface area contributed by atoms with Crippen molar-refractivity contribution in [2.24, 2.45) is 0 Å². The molecule has 3 aromatic rings. The maximum atomic E-state index is 13.6. The third kappa shape index (κ3) is 5.81. The highest BCUT2D eigenvalue weighted by Gasteiger charge is 2.52. The molecule has 0 bridgehead atoms. The first kappa shape index (κ1) is 32.0. The molecule has 3 aromatic carbocycles. The number of benzene rings is 3. The Hall–Kier alpha value is -4.94. The standard InChI is InChI=1S/C29H26F3N5O6S/c1-28(2)26(40)37(21-11-7-18(15-33)23(13-21)29(30,31)32)27(41)36(28)16-19-8-12-22(44(42,43)35(3)4)14-24(19)34-20-9-5-17(6-10-20)25(38)39/h5-14,34H,16H2,1-4H3,(H,38,39). The molecule has 0 spiro atoms. The van der Waals surface area contributed by atoms with Crippen LogP contribution in [-0.2, 0) is 27.5 Å². The van der Waals surface area contributed by atoms with Crippen LogP contribution in [0.3, 0.4) is 0 Å². The van der Waals surface area contributed by atoms with Crippen molar-refractivity contribution in [3.05, 3.63) is 82.9 Å². The molecule has 44 heavy (non-hydrogen) atoms. The molecule has 3 amide bonds. The minimum atomic E-state index is -4.92. The van der Waals surface area contributed by atoms with Crippen molar-refractivity contribution in [3.63, 3.8) is 0 Å². The summed E-state index contributed by atoms with van der Waals surface area (Å²) in [5.74, 6) is -1.96. The van der Waals surface area contributed by atoms with E-state index in [-0.39, 0.29) is 28.4 Å². The number of anilines is 3. The van der Waals surface area contributed by atoms with Gasteiger partial charge in [-0.05, 0) is 74.0 Å². The molecule has 2 N–H and O–H groups in total. The maximum Gasteiger partial charge on any atom is 0.417 e. The first-order chi connectivity index (χ1) is 20.4. The van der Waals surface area contributed by atoms with Gasteiger partial charge in [0.2, 0.25) is 10.0 Å². The largest absolute Gasteiger partial charge is 0.478 e. The van der Waals surface area contributed by atoms with Gasteiger partial charge >= 0.3 is 18.2 Å². The minimum absolute atomic E-state index is 0.0132. The molecule has 0 unspecified atom stereocenters. The van der Waals surface area contributed by atoms with Crippen molar-refractivity contribution >= 4 is 45.0 Å². The van der Waals surface area contributed by atoms with Crippen LogP contribution in [0.2, 0.25) is 0 Å². The average Bonchev–Trinajstić information content (AvgIpc) is 3.12. The van der Waals surface area contributed by atoms with Gasteiger partial charge in [-0.15, -0.1) is 0 Å². The highest BCUT2D eigenvalue weighted by atomic mass is 32.2. The second-order valence-corrected chi connectivity index (χ2v) is 12.7. The van der Waals surface area contributed by atoms with Crippen LogP contribution in [0.5, 0.6) is 0 Å². The number of alkyl halides is 3. The highest BCUT2D eigenvalue weighted by Crippen LogP contribution is 2.39. The molecule has 0 atom stereocenters. The lowest BCUT2D eigenvalue weighted by atomic mass is 10.0. The number of sulfonamides is 1. The number of carboxylic acids is 1. The number of aromatic carboxylic acids is 1. The van der Waals surface area contributed by atoms with E-state index in [9.17, 15) is 41.1 Å². The topological polar surface area (TPSA) is 151 Å². The second kappa shape index (κ2) is 11.3. The Bertz CT molecular complexity index is 1820. The van der Waals surface area contributed by atoms with E-state index in [4.69, 9.17) is 5.26 Å². The molecule has 0 radical (unpaired) electrons. The highest BCUT2D eigenvalue weighted by molar-refractivity contribution is 7.89. The molecule has 1 fully saturated rings. The van der Waals surface area contributed by atoms with Gasteiger partial charge in [-0.1, -0.05) is 6.07 Å². The third-order valence-electron chi connectivity index (χ3n) is 7.11. The number of nitrogens with zero attached hydrogens (tertiary/aromatic N) is 4. The fourth-order valence-electron chi connectivity index (χ4n) is 4.54. The van der Waals surface area contributed by atoms with Crippen LogP contribution in [-0.4, -0.2) is 60.3 Å². The molecule has 1 heterocycles. The average molecular weight is 630 g/mol. The Kier molecular flexibility index (Phi) is 8.20. The molecule has 230 valence electrons. The van der Waals surface area contributed by atoms with Gasteiger partial charge in [-0.25, -0.2) is 27.2 Å². The quantitative estimate of drug-likeness (QED) is 0.330. The molecule has 0 saturated carbocycles. The second-order valence-electron chi connectivity index (χ2n) is 10.5. The van der Waals surface area contributed by atoms with Gasteiger partial charge in [0.25, 0.3) is 5.91 Å². The maximum absolute atomic E-state index is 13.6. The van der Waals surface area contributed by atoms with Gasteiger partial charge in [0.1, 0.15) is 5.54 Å². The molecule has 15 heteroatoms. The van der Waals surface area contributed by atoms with Gasteiger partial charge in [0.15, 0.2) is 0 Å². The number of halogens is 3. The van der Waals surface area contributed by atoms with Gasteiger partial charge in [-0.2, -0.15) is 18.4 Å². The van der Waals surface area contributed by atoms with E-state index < -0.39 is 50.8 Å². The first-order valence-corrected chi connectivity index (χ1v) is 14.3. The summed E-state index contributed by atoms with van der Waals surface area (Å²) in [6.07, 6.45) is -4.92. The lowest BCUT2D eigenvalue weighted by molar-refractivity contribution is -0.137. The summed E-state index contributed by atoms with van der Waals surface area (Å²) in [7, 11) is -1.21. The third-order valence-corrected chi connectivity index (χ3v) is 8.92. The molecular weight excluding hydrogens is 603 g/mol. The molecule has 0 aromatic heterocycles. The fraction of sp³-hybridized carbons (Fsp3) is 0.241. The van der Waals surface area contributed by atoms with Gasteiger partial charge < -0.3 is 15.3 Å². The van der Waals surface area contributed by atoms with Crippen LogP contribution in [0, 0.1) is 11.3 Å². The Morgan fingerprint density at radius 3 is 2.23 bits per heavy atom. The zero-order valence-electron chi connectivity index (χ0n) is 23.8. The monoisotopic (exact) mass is 629 g/mol. The van der Waals surface area contributed by atoms with Crippen LogP contribution in [0.1, 0.15) is 40.9 Å². The number of urea groups is 1. The van der Waals surface area contributed by atoms with E-state index in [0.29, 0.717) is 22.2 Å². The number of nitriles is 1. The van der Waals surface area contributed by atoms with Crippen LogP contribution >= 0.6 is 0 Å². The summed E-state index contributed by atoms with van der Waals surface area (Å²) < 4.78 is 67.6. The number of carbonyl (C=O) groups is 3. The number of rotatable bonds is 8. The zero-order valence-corrected chi connectivity index (χ0v) is 24.6. The van der Waals surface area contributed by atoms with Gasteiger partial charge in [-0.3, -0.25) is 4.79 Å². The van der Waals surface area contributed by atoms with Crippen molar-refractivity contribution in [3.8, 4) is 6.07 Å². The molecule has 11 nitrogen and oxygen atoms in total. The van der Waals surface area contributed by atoms with E-state index in [1.807, 2.05) is 0 Å². The fourth-order valence-corrected chi connectivity index (χ4v) is 5.46. The molecule has 0 aliphatic carbocycles. The number of hydrogen-bond acceptors (Lipinski definition) is 7. The molecular formula is C29H26F3N5O6S. The zero-order chi connectivity index (χ0) is 32.8. The summed E-state index contributed by atoms with van der Waals surface area (Å²) in [4.78, 5) is 40.0. The van der Waals surface area contributed by atoms with Crippen molar-refractivity contribution in [2.45, 2.75) is 37.0 Å². The van der Waals surface area contributed by atoms with Crippen molar-refractivity contribution in [2.75, 3.05) is 24.3 Å². The van der Waals surface area contributed by atoms with E-state index in [1.54, 1.807) is 0 Å². The Morgan fingerprint density at radius 1 is 1.05 bits per heavy atom. The number of carboxylic acid groups (broad SMARTS) is 1. The van der Waals surface area contributed by atoms with Gasteiger partial charge in [0, 0.05) is 25.5 Å². The molecule has 1 saturated heterocycles. The molecule has 1 aliphatic heterocycles. The lowest BCUT2D eigenvalue weighted by Crippen LogP contribution is -2.43. The van der Waals surface area contributed by atoms with Gasteiger partial charge in [0.05, 0.1) is 39.9 Å². The smallest absolute Gasteiger partial charge is 0.417 e. The van der Waals surface area contributed by atoms with Crippen LogP contribution in [0.25, 0.3) is 0 Å². The minimum Gasteiger partial charge on any atom is -0.478 e. The van der Waals surface area contributed by atoms with E-state index in [0.717, 1.165) is 21.3 Å². The Labute approximate surface area is 250 Å². The molecule has 1 aliphatic rings. The first-order valence-electron chi connectivity index (χ1n) is 12.8. The van der Waals surface area contributed by atoms with Crippen molar-refractivity contribution in [1.82, 2.24) is 9.21 Å². The SMILES string of the molecule is CN(C)S(=O)(=O)c1ccc(CN2C(=O)N(c3ccc(C#N)c(C(F)(F)F)c3)C(=O)C2(C)C)c(Nc2ccc(C(=O)O)cc2)c1. The number of hydrogen-bond donors (Lipinski definition) is 2. The van der Waals surface area contributed by atoms with Crippen LogP contribution in [0.4, 0.5) is 35.0 Å². The van der Waals surface area contributed by atoms with E-state index in [1.165, 1.54) is 76.5 Å². The summed E-state index contributed by atoms with van der Waals surface area (Å²) in [5, 5.41) is 21.3. The number of imide groups is 1. The number of nitrogens with one attached hydrogen (secondary N) is 1. The van der Waals surface area contributed by atoms with E-state index >= 15 is 0 Å². The summed E-state index contributed by atoms with van der Waals surface area (Å²) in [6, 6.07) is 12.7. The predicted octanol–water partition coefficient (Wildman–Crippen LogP) is 5.02. The summed E-state index contributed by atoms with van der Waals surface area (Å²) in [6.45, 7) is 2.57. The molecule has 4 rings (SSSR count). The van der Waals surface area contributed by atoms with E-state index in [2.05, 4.69) is 5.32 Å². The number of carbonyl (C=O) groups excluding carboxylic acids is 2. The summed E-state index contributed by atoms with van der Waals surface area (Å²) in [5.41, 5.74) is -2.93. The lowest BCUT2D eigenvalue weighted by Gasteiger charge is -2.29. The Balaban J connectivity index is 1.77. The summed E-state index contributed by atoms with van der Waals surface area (Å²) >= 11 is 0. The number of amides is 3. The van der Waals surface area contributed by atoms with Crippen LogP contribution in [0.15, 0.2) is 65.6 Å². The van der Waals surface area contributed by atoms with Crippen molar-refractivity contribution < 1.29 is 41.1 Å². The predicted molar refractivity (Wildman–Crippen MR) is 153 cm³/mol. The normalized spacial score (nSPS) is 15.1. The Morgan fingerprint density at radius 2 is 1.68 bits per heavy atom. The van der Waals surface area contributed by atoms with Crippen LogP contribution < -0.4 is 10.2 Å².